The molecule has 0 atom stereocenters. The molecule has 0 saturated carbocycles. The minimum absolute atomic E-state index is 0.163. The molecule has 1 N–H and O–H groups in total. The average Bonchev–Trinajstić information content (AvgIpc) is 2.48. The van der Waals surface area contributed by atoms with Crippen LogP contribution >= 0.6 is 70.0 Å². The smallest absolute Gasteiger partial charge is 0.0809 e. The predicted octanol–water partition coefficient (Wildman–Crippen LogP) is 6.75. The zero-order valence-electron chi connectivity index (χ0n) is 9.89. The van der Waals surface area contributed by atoms with Crippen LogP contribution in [0.25, 0.3) is 0 Å². The predicted molar refractivity (Wildman–Crippen MR) is 90.6 cm³/mol. The molecule has 0 aliphatic heterocycles. The van der Waals surface area contributed by atoms with Gasteiger partial charge in [-0.1, -0.05) is 88.3 Å². The second-order valence-corrected chi connectivity index (χ2v) is 6.60. The van der Waals surface area contributed by atoms with Gasteiger partial charge in [0.1, 0.15) is 0 Å². The van der Waals surface area contributed by atoms with Crippen molar-refractivity contribution in [2.45, 2.75) is 11.4 Å². The highest BCUT2D eigenvalue weighted by Gasteiger charge is 2.19. The van der Waals surface area contributed by atoms with Gasteiger partial charge in [-0.3, -0.25) is 4.72 Å². The van der Waals surface area contributed by atoms with Crippen molar-refractivity contribution >= 4 is 70.0 Å². The van der Waals surface area contributed by atoms with E-state index in [0.29, 0.717) is 11.4 Å². The van der Waals surface area contributed by atoms with E-state index in [4.69, 9.17) is 58.0 Å². The molecule has 0 unspecified atom stereocenters. The van der Waals surface area contributed by atoms with Crippen molar-refractivity contribution in [3.05, 3.63) is 61.0 Å². The first-order valence-electron chi connectivity index (χ1n) is 5.47. The van der Waals surface area contributed by atoms with Crippen LogP contribution < -0.4 is 4.72 Å². The molecule has 0 aliphatic rings. The Balaban J connectivity index is 2.14. The fraction of sp³-hybridized carbons (Fsp3) is 0.0769. The zero-order valence-corrected chi connectivity index (χ0v) is 14.5. The number of benzene rings is 2. The van der Waals surface area contributed by atoms with E-state index in [1.165, 1.54) is 11.9 Å². The zero-order chi connectivity index (χ0) is 14.7. The Hall–Kier alpha value is 0.200. The van der Waals surface area contributed by atoms with Gasteiger partial charge in [-0.05, 0) is 17.5 Å². The first-order valence-corrected chi connectivity index (χ1v) is 8.18. The Labute approximate surface area is 146 Å². The lowest BCUT2D eigenvalue weighted by atomic mass is 10.2. The van der Waals surface area contributed by atoms with Crippen LogP contribution in [0.15, 0.2) is 35.2 Å². The molecule has 1 nitrogen and oxygen atoms in total. The van der Waals surface area contributed by atoms with Gasteiger partial charge in [0.25, 0.3) is 0 Å². The third-order valence-electron chi connectivity index (χ3n) is 2.46. The Kier molecular flexibility index (Phi) is 6.18. The van der Waals surface area contributed by atoms with Crippen LogP contribution in [0.3, 0.4) is 0 Å². The van der Waals surface area contributed by atoms with Crippen LogP contribution in [0, 0.1) is 0 Å². The maximum Gasteiger partial charge on any atom is 0.0809 e. The molecule has 0 aromatic heterocycles. The van der Waals surface area contributed by atoms with Crippen molar-refractivity contribution < 1.29 is 0 Å². The van der Waals surface area contributed by atoms with Crippen molar-refractivity contribution in [1.29, 1.82) is 0 Å². The molecule has 0 saturated heterocycles. The highest BCUT2D eigenvalue weighted by molar-refractivity contribution is 7.97. The van der Waals surface area contributed by atoms with Crippen LogP contribution in [-0.4, -0.2) is 0 Å². The normalized spacial score (nSPS) is 10.8. The fourth-order valence-corrected chi connectivity index (χ4v) is 3.71. The quantitative estimate of drug-likeness (QED) is 0.354. The van der Waals surface area contributed by atoms with Gasteiger partial charge in [0.2, 0.25) is 0 Å². The van der Waals surface area contributed by atoms with Crippen molar-refractivity contribution in [2.75, 3.05) is 0 Å². The molecule has 0 radical (unpaired) electrons. The summed E-state index contributed by atoms with van der Waals surface area (Å²) in [6.45, 7) is 0.649. The third kappa shape index (κ3) is 3.69. The van der Waals surface area contributed by atoms with Crippen molar-refractivity contribution in [2.24, 2.45) is 0 Å². The van der Waals surface area contributed by atoms with E-state index in [0.717, 1.165) is 5.56 Å². The summed E-state index contributed by atoms with van der Waals surface area (Å²) in [6, 6.07) is 9.93. The van der Waals surface area contributed by atoms with Crippen LogP contribution in [0.4, 0.5) is 0 Å². The standard InChI is InChI=1S/C13H8Cl5NS/c14-8-9(15)11(17)13(12(18)10(8)16)20-19-6-7-4-2-1-3-5-7/h1-5,19H,6H2. The first-order chi connectivity index (χ1) is 9.52. The lowest BCUT2D eigenvalue weighted by Crippen LogP contribution is -2.03. The molecule has 20 heavy (non-hydrogen) atoms. The van der Waals surface area contributed by atoms with E-state index in [-0.39, 0.29) is 25.1 Å². The van der Waals surface area contributed by atoms with E-state index >= 15 is 0 Å². The molecule has 0 spiro atoms. The molecule has 0 fully saturated rings. The number of rotatable bonds is 4. The van der Waals surface area contributed by atoms with Crippen LogP contribution in [-0.2, 0) is 6.54 Å². The summed E-state index contributed by atoms with van der Waals surface area (Å²) in [5.41, 5.74) is 1.14. The fourth-order valence-electron chi connectivity index (χ4n) is 1.46. The molecule has 7 heteroatoms. The SMILES string of the molecule is Clc1c(Cl)c(Cl)c(SNCc2ccccc2)c(Cl)c1Cl. The first kappa shape index (κ1) is 16.6. The molecular weight excluding hydrogens is 379 g/mol. The van der Waals surface area contributed by atoms with Crippen LogP contribution in [0.5, 0.6) is 0 Å². The van der Waals surface area contributed by atoms with E-state index in [1.54, 1.807) is 0 Å². The number of nitrogens with one attached hydrogen (secondary N) is 1. The summed E-state index contributed by atoms with van der Waals surface area (Å²) in [4.78, 5) is 0.559. The van der Waals surface area contributed by atoms with Gasteiger partial charge in [0.15, 0.2) is 0 Å². The number of hydrogen-bond acceptors (Lipinski definition) is 2. The van der Waals surface area contributed by atoms with E-state index in [9.17, 15) is 0 Å². The minimum Gasteiger partial charge on any atom is -0.255 e. The van der Waals surface area contributed by atoms with Gasteiger partial charge in [0.05, 0.1) is 30.0 Å². The lowest BCUT2D eigenvalue weighted by molar-refractivity contribution is 0.975. The lowest BCUT2D eigenvalue weighted by Gasteiger charge is -2.12. The molecule has 2 aromatic rings. The van der Waals surface area contributed by atoms with Gasteiger partial charge in [-0.2, -0.15) is 0 Å². The van der Waals surface area contributed by atoms with E-state index in [2.05, 4.69) is 4.72 Å². The Morgan fingerprint density at radius 2 is 1.25 bits per heavy atom. The van der Waals surface area contributed by atoms with Crippen molar-refractivity contribution in [3.63, 3.8) is 0 Å². The topological polar surface area (TPSA) is 12.0 Å². The second-order valence-electron chi connectivity index (χ2n) is 3.81. The van der Waals surface area contributed by atoms with Crippen molar-refractivity contribution in [3.8, 4) is 0 Å². The molecule has 0 aliphatic carbocycles. The van der Waals surface area contributed by atoms with Gasteiger partial charge < -0.3 is 0 Å². The summed E-state index contributed by atoms with van der Waals surface area (Å²) >= 11 is 31.5. The molecule has 106 valence electrons. The summed E-state index contributed by atoms with van der Waals surface area (Å²) in [5, 5.41) is 1.14. The van der Waals surface area contributed by atoms with Gasteiger partial charge in [-0.25, -0.2) is 0 Å². The monoisotopic (exact) mass is 385 g/mol. The maximum absolute atomic E-state index is 6.14. The largest absolute Gasteiger partial charge is 0.255 e. The Morgan fingerprint density at radius 1 is 0.750 bits per heavy atom. The van der Waals surface area contributed by atoms with Crippen molar-refractivity contribution in [1.82, 2.24) is 4.72 Å². The summed E-state index contributed by atoms with van der Waals surface area (Å²) in [6.07, 6.45) is 0. The molecular formula is C13H8Cl5NS. The van der Waals surface area contributed by atoms with E-state index < -0.39 is 0 Å². The summed E-state index contributed by atoms with van der Waals surface area (Å²) < 4.78 is 3.16. The molecule has 2 rings (SSSR count). The highest BCUT2D eigenvalue weighted by Crippen LogP contribution is 2.47. The Morgan fingerprint density at radius 3 is 1.80 bits per heavy atom. The van der Waals surface area contributed by atoms with Gasteiger partial charge in [-0.15, -0.1) is 0 Å². The van der Waals surface area contributed by atoms with Gasteiger partial charge in [0, 0.05) is 6.54 Å². The molecule has 0 heterocycles. The maximum atomic E-state index is 6.14. The Bertz CT molecular complexity index is 589. The summed E-state index contributed by atoms with van der Waals surface area (Å²) in [5.74, 6) is 0. The number of hydrogen-bond donors (Lipinski definition) is 1. The second kappa shape index (κ2) is 7.46. The van der Waals surface area contributed by atoms with Crippen LogP contribution in [0.2, 0.25) is 25.1 Å². The van der Waals surface area contributed by atoms with Gasteiger partial charge >= 0.3 is 0 Å². The minimum atomic E-state index is 0.163. The summed E-state index contributed by atoms with van der Waals surface area (Å²) in [7, 11) is 0. The van der Waals surface area contributed by atoms with E-state index in [1.807, 2.05) is 30.3 Å². The molecule has 0 bridgehead atoms. The highest BCUT2D eigenvalue weighted by atomic mass is 35.5. The molecule has 2 aromatic carbocycles. The third-order valence-corrected chi connectivity index (χ3v) is 5.86. The van der Waals surface area contributed by atoms with Crippen LogP contribution in [0.1, 0.15) is 5.56 Å². The number of halogens is 5. The average molecular weight is 388 g/mol. The molecule has 0 amide bonds.